The molecule has 0 bridgehead atoms. The number of alkyl halides is 3. The highest BCUT2D eigenvalue weighted by atomic mass is 35.5. The van der Waals surface area contributed by atoms with Crippen LogP contribution in [0.5, 0.6) is 0 Å². The van der Waals surface area contributed by atoms with E-state index in [1.165, 1.54) is 23.1 Å². The molecule has 2 amide bonds. The van der Waals surface area contributed by atoms with E-state index in [1.807, 2.05) is 24.3 Å². The highest BCUT2D eigenvalue weighted by Gasteiger charge is 2.52. The first-order valence-electron chi connectivity index (χ1n) is 12.6. The molecule has 6 nitrogen and oxygen atoms in total. The summed E-state index contributed by atoms with van der Waals surface area (Å²) in [5.41, 5.74) is 6.55. The molecule has 4 N–H and O–H groups in total. The van der Waals surface area contributed by atoms with Crippen LogP contribution in [-0.4, -0.2) is 46.6 Å². The molecule has 0 radical (unpaired) electrons. The predicted molar refractivity (Wildman–Crippen MR) is 141 cm³/mol. The molecule has 2 atom stereocenters. The maximum Gasteiger partial charge on any atom is 0.403 e. The summed E-state index contributed by atoms with van der Waals surface area (Å²) in [5, 5.41) is 15.0. The van der Waals surface area contributed by atoms with Crippen LogP contribution in [0.25, 0.3) is 11.1 Å². The second kappa shape index (κ2) is 10.3. The summed E-state index contributed by atoms with van der Waals surface area (Å²) in [7, 11) is 0. The largest absolute Gasteiger partial charge is 0.403 e. The number of nitrogens with two attached hydrogens (primary N) is 1. The Hall–Kier alpha value is -3.40. The first kappa shape index (κ1) is 27.2. The average molecular weight is 558 g/mol. The van der Waals surface area contributed by atoms with Gasteiger partial charge in [-0.25, -0.2) is 0 Å². The van der Waals surface area contributed by atoms with Gasteiger partial charge in [0.25, 0.3) is 5.91 Å². The fourth-order valence-corrected chi connectivity index (χ4v) is 5.74. The van der Waals surface area contributed by atoms with E-state index in [-0.39, 0.29) is 13.1 Å². The van der Waals surface area contributed by atoms with E-state index in [2.05, 4.69) is 5.32 Å². The summed E-state index contributed by atoms with van der Waals surface area (Å²) in [6.07, 6.45) is -4.08. The van der Waals surface area contributed by atoms with Crippen LogP contribution in [0, 0.1) is 0 Å². The van der Waals surface area contributed by atoms with Gasteiger partial charge in [0.15, 0.2) is 5.60 Å². The summed E-state index contributed by atoms with van der Waals surface area (Å²) in [6, 6.07) is 15.8. The topological polar surface area (TPSA) is 95.7 Å². The third kappa shape index (κ3) is 4.90. The van der Waals surface area contributed by atoms with Crippen molar-refractivity contribution in [2.75, 3.05) is 6.54 Å². The molecule has 3 aromatic rings. The lowest BCUT2D eigenvalue weighted by Crippen LogP contribution is -2.52. The Morgan fingerprint density at radius 3 is 2.28 bits per heavy atom. The molecule has 0 aromatic heterocycles. The number of nitrogens with zero attached hydrogens (tertiary/aromatic N) is 1. The van der Waals surface area contributed by atoms with E-state index in [4.69, 9.17) is 17.3 Å². The maximum atomic E-state index is 14.0. The van der Waals surface area contributed by atoms with Crippen molar-refractivity contribution < 1.29 is 27.9 Å². The van der Waals surface area contributed by atoms with E-state index in [1.54, 1.807) is 24.3 Å². The fraction of sp³-hybridized carbons (Fsp3) is 0.310. The first-order chi connectivity index (χ1) is 18.5. The standard InChI is InChI=1S/C29H27ClF3N3O3/c30-19-12-11-17(15-25(34)29(31,32)33)18(14-19)16-35-26(37)24-10-5-13-36(24)27(38)28(39)22-8-3-1-6-20(22)21-7-2-4-9-23(21)28/h1-4,6-9,11-12,14,24-25,39H,5,10,13,15-16,34H2,(H,35,37)/t24-,25?/m0/s1. The third-order valence-electron chi connectivity index (χ3n) is 7.53. The van der Waals surface area contributed by atoms with Crippen LogP contribution in [0.3, 0.4) is 0 Å². The molecule has 1 heterocycles. The lowest BCUT2D eigenvalue weighted by Gasteiger charge is -2.33. The monoisotopic (exact) mass is 557 g/mol. The third-order valence-corrected chi connectivity index (χ3v) is 7.77. The number of aliphatic hydroxyl groups is 1. The minimum absolute atomic E-state index is 0.0895. The summed E-state index contributed by atoms with van der Waals surface area (Å²) in [4.78, 5) is 28.6. The van der Waals surface area contributed by atoms with Crippen molar-refractivity contribution in [3.63, 3.8) is 0 Å². The lowest BCUT2D eigenvalue weighted by molar-refractivity contribution is -0.151. The molecule has 1 unspecified atom stereocenters. The number of hydrogen-bond donors (Lipinski definition) is 3. The highest BCUT2D eigenvalue weighted by molar-refractivity contribution is 6.30. The van der Waals surface area contributed by atoms with Gasteiger partial charge in [-0.05, 0) is 53.6 Å². The number of carbonyl (C=O) groups excluding carboxylic acids is 2. The van der Waals surface area contributed by atoms with Gasteiger partial charge in [-0.2, -0.15) is 13.2 Å². The van der Waals surface area contributed by atoms with E-state index >= 15 is 0 Å². The van der Waals surface area contributed by atoms with Crippen LogP contribution >= 0.6 is 11.6 Å². The number of rotatable bonds is 6. The van der Waals surface area contributed by atoms with Gasteiger partial charge < -0.3 is 21.1 Å². The Bertz CT molecular complexity index is 1380. The summed E-state index contributed by atoms with van der Waals surface area (Å²) in [5.74, 6) is -1.05. The van der Waals surface area contributed by atoms with E-state index in [0.29, 0.717) is 40.1 Å². The van der Waals surface area contributed by atoms with Gasteiger partial charge in [-0.3, -0.25) is 9.59 Å². The molecule has 204 valence electrons. The predicted octanol–water partition coefficient (Wildman–Crippen LogP) is 4.30. The normalized spacial score (nSPS) is 18.4. The Balaban J connectivity index is 1.36. The highest BCUT2D eigenvalue weighted by Crippen LogP contribution is 2.48. The molecular weight excluding hydrogens is 531 g/mol. The Labute approximate surface area is 228 Å². The van der Waals surface area contributed by atoms with Crippen LogP contribution in [0.2, 0.25) is 5.02 Å². The fourth-order valence-electron chi connectivity index (χ4n) is 5.54. The van der Waals surface area contributed by atoms with E-state index in [9.17, 15) is 27.9 Å². The van der Waals surface area contributed by atoms with Crippen LogP contribution in [0.1, 0.15) is 35.1 Å². The van der Waals surface area contributed by atoms with Crippen molar-refractivity contribution in [3.8, 4) is 11.1 Å². The SMILES string of the molecule is NC(Cc1ccc(Cl)cc1CNC(=O)[C@@H]1CCCN1C(=O)C1(O)c2ccccc2-c2ccccc21)C(F)(F)F. The number of fused-ring (bicyclic) bond motifs is 3. The van der Waals surface area contributed by atoms with Crippen LogP contribution in [-0.2, 0) is 28.2 Å². The molecule has 5 rings (SSSR count). The summed E-state index contributed by atoms with van der Waals surface area (Å²) < 4.78 is 39.1. The first-order valence-corrected chi connectivity index (χ1v) is 13.0. The second-order valence-electron chi connectivity index (χ2n) is 9.94. The second-order valence-corrected chi connectivity index (χ2v) is 10.4. The molecule has 1 fully saturated rings. The number of benzene rings is 3. The zero-order valence-electron chi connectivity index (χ0n) is 20.8. The van der Waals surface area contributed by atoms with Crippen LogP contribution < -0.4 is 11.1 Å². The van der Waals surface area contributed by atoms with Crippen molar-refractivity contribution in [2.24, 2.45) is 5.73 Å². The molecule has 1 saturated heterocycles. The van der Waals surface area contributed by atoms with Crippen LogP contribution in [0.4, 0.5) is 13.2 Å². The Kier molecular flexibility index (Phi) is 7.17. The van der Waals surface area contributed by atoms with Gasteiger partial charge in [0, 0.05) is 29.2 Å². The molecular formula is C29H27ClF3N3O3. The molecule has 0 spiro atoms. The summed E-state index contributed by atoms with van der Waals surface area (Å²) in [6.45, 7) is 0.195. The molecule has 2 aliphatic rings. The minimum atomic E-state index is -4.57. The number of hydrogen-bond acceptors (Lipinski definition) is 4. The van der Waals surface area contributed by atoms with Gasteiger partial charge >= 0.3 is 6.18 Å². The minimum Gasteiger partial charge on any atom is -0.372 e. The van der Waals surface area contributed by atoms with Crippen molar-refractivity contribution in [1.29, 1.82) is 0 Å². The molecule has 1 aliphatic heterocycles. The van der Waals surface area contributed by atoms with E-state index < -0.39 is 42.1 Å². The number of amides is 2. The number of halogens is 4. The zero-order valence-corrected chi connectivity index (χ0v) is 21.6. The number of nitrogens with one attached hydrogen (secondary N) is 1. The van der Waals surface area contributed by atoms with Crippen molar-refractivity contribution in [1.82, 2.24) is 10.2 Å². The number of carbonyl (C=O) groups is 2. The molecule has 10 heteroatoms. The van der Waals surface area contributed by atoms with Gasteiger partial charge in [0.1, 0.15) is 12.1 Å². The molecule has 3 aromatic carbocycles. The van der Waals surface area contributed by atoms with Crippen LogP contribution in [0.15, 0.2) is 66.7 Å². The van der Waals surface area contributed by atoms with Gasteiger partial charge in [-0.1, -0.05) is 66.2 Å². The molecule has 1 aliphatic carbocycles. The summed E-state index contributed by atoms with van der Waals surface area (Å²) >= 11 is 6.07. The molecule has 0 saturated carbocycles. The Morgan fingerprint density at radius 2 is 1.67 bits per heavy atom. The van der Waals surface area contributed by atoms with Crippen molar-refractivity contribution in [3.05, 3.63) is 94.0 Å². The maximum absolute atomic E-state index is 14.0. The van der Waals surface area contributed by atoms with Gasteiger partial charge in [-0.15, -0.1) is 0 Å². The van der Waals surface area contributed by atoms with E-state index in [0.717, 1.165) is 11.1 Å². The zero-order chi connectivity index (χ0) is 27.9. The van der Waals surface area contributed by atoms with Gasteiger partial charge in [0.05, 0.1) is 0 Å². The number of likely N-dealkylation sites (tertiary alicyclic amines) is 1. The Morgan fingerprint density at radius 1 is 1.05 bits per heavy atom. The molecule has 39 heavy (non-hydrogen) atoms. The quantitative estimate of drug-likeness (QED) is 0.421. The lowest BCUT2D eigenvalue weighted by atomic mass is 9.89. The smallest absolute Gasteiger partial charge is 0.372 e. The van der Waals surface area contributed by atoms with Crippen molar-refractivity contribution >= 4 is 23.4 Å². The average Bonchev–Trinajstić information content (AvgIpc) is 3.50. The van der Waals surface area contributed by atoms with Gasteiger partial charge in [0.2, 0.25) is 5.91 Å². The van der Waals surface area contributed by atoms with Crippen molar-refractivity contribution in [2.45, 2.75) is 49.7 Å².